The van der Waals surface area contributed by atoms with E-state index in [2.05, 4.69) is 6.07 Å². The van der Waals surface area contributed by atoms with Crippen LogP contribution < -0.4 is 0 Å². The summed E-state index contributed by atoms with van der Waals surface area (Å²) in [5, 5.41) is 8.71. The molecule has 0 bridgehead atoms. The van der Waals surface area contributed by atoms with Crippen LogP contribution in [-0.4, -0.2) is 16.9 Å². The highest BCUT2D eigenvalue weighted by Gasteiger charge is 2.23. The smallest absolute Gasteiger partial charge is 0.328 e. The van der Waals surface area contributed by atoms with Crippen molar-refractivity contribution in [3.8, 4) is 0 Å². The van der Waals surface area contributed by atoms with Crippen molar-refractivity contribution in [1.29, 1.82) is 0 Å². The molecule has 0 aliphatic heterocycles. The maximum atomic E-state index is 12.1. The molecule has 88 valence electrons. The molecule has 0 atom stereocenters. The van der Waals surface area contributed by atoms with Gasteiger partial charge < -0.3 is 5.11 Å². The minimum Gasteiger partial charge on any atom is -0.478 e. The third-order valence-electron chi connectivity index (χ3n) is 3.10. The molecule has 0 aromatic heterocycles. The van der Waals surface area contributed by atoms with E-state index in [-0.39, 0.29) is 5.78 Å². The van der Waals surface area contributed by atoms with Gasteiger partial charge in [0.15, 0.2) is 5.78 Å². The van der Waals surface area contributed by atoms with Gasteiger partial charge in [-0.25, -0.2) is 4.79 Å². The predicted molar refractivity (Wildman–Crippen MR) is 64.3 cm³/mol. The van der Waals surface area contributed by atoms with Crippen LogP contribution in [0, 0.1) is 13.8 Å². The van der Waals surface area contributed by atoms with Gasteiger partial charge in [-0.1, -0.05) is 11.6 Å². The molecule has 0 fully saturated rings. The Bertz CT molecular complexity index is 539. The first-order valence-electron chi connectivity index (χ1n) is 5.57. The van der Waals surface area contributed by atoms with Gasteiger partial charge in [0.05, 0.1) is 0 Å². The van der Waals surface area contributed by atoms with Crippen molar-refractivity contribution < 1.29 is 14.7 Å². The van der Waals surface area contributed by atoms with E-state index in [0.717, 1.165) is 29.2 Å². The van der Waals surface area contributed by atoms with Crippen molar-refractivity contribution in [2.45, 2.75) is 26.7 Å². The van der Waals surface area contributed by atoms with Gasteiger partial charge in [0.2, 0.25) is 0 Å². The Morgan fingerprint density at radius 2 is 2.00 bits per heavy atom. The second-order valence-electron chi connectivity index (χ2n) is 4.44. The average molecular weight is 230 g/mol. The lowest BCUT2D eigenvalue weighted by Crippen LogP contribution is -2.16. The summed E-state index contributed by atoms with van der Waals surface area (Å²) in [6.45, 7) is 3.93. The summed E-state index contributed by atoms with van der Waals surface area (Å²) in [5.41, 5.74) is 4.27. The number of rotatable bonds is 1. The van der Waals surface area contributed by atoms with E-state index >= 15 is 0 Å². The summed E-state index contributed by atoms with van der Waals surface area (Å²) in [6.07, 6.45) is 2.29. The summed E-state index contributed by atoms with van der Waals surface area (Å²) < 4.78 is 0. The number of aryl methyl sites for hydroxylation is 2. The van der Waals surface area contributed by atoms with Gasteiger partial charge in [0, 0.05) is 17.2 Å². The van der Waals surface area contributed by atoms with Gasteiger partial charge in [-0.2, -0.15) is 0 Å². The quantitative estimate of drug-likeness (QED) is 0.754. The van der Waals surface area contributed by atoms with Crippen molar-refractivity contribution in [1.82, 2.24) is 0 Å². The molecule has 0 unspecified atom stereocenters. The van der Waals surface area contributed by atoms with Crippen LogP contribution in [0.15, 0.2) is 23.8 Å². The van der Waals surface area contributed by atoms with Gasteiger partial charge in [-0.3, -0.25) is 4.79 Å². The Balaban J connectivity index is 2.53. The Morgan fingerprint density at radius 3 is 2.65 bits per heavy atom. The van der Waals surface area contributed by atoms with Gasteiger partial charge in [0.1, 0.15) is 0 Å². The average Bonchev–Trinajstić information content (AvgIpc) is 2.22. The third kappa shape index (κ3) is 2.13. The molecule has 17 heavy (non-hydrogen) atoms. The summed E-state index contributed by atoms with van der Waals surface area (Å²) in [5.74, 6) is -1.19. The number of Topliss-reactive ketones (excluding diaryl/α,β-unsaturated/α-hetero) is 1. The van der Waals surface area contributed by atoms with Crippen molar-refractivity contribution in [2.75, 3.05) is 0 Å². The lowest BCUT2D eigenvalue weighted by molar-refractivity contribution is -0.131. The summed E-state index contributed by atoms with van der Waals surface area (Å²) in [7, 11) is 0. The van der Waals surface area contributed by atoms with Crippen molar-refractivity contribution in [3.63, 3.8) is 0 Å². The Kier molecular flexibility index (Phi) is 2.84. The second kappa shape index (κ2) is 4.17. The molecule has 1 aliphatic carbocycles. The molecule has 1 N–H and O–H groups in total. The lowest BCUT2D eigenvalue weighted by atomic mass is 9.83. The predicted octanol–water partition coefficient (Wildman–Crippen LogP) is 2.44. The topological polar surface area (TPSA) is 54.4 Å². The fraction of sp³-hybridized carbons (Fsp3) is 0.286. The molecule has 1 aromatic carbocycles. The number of carbonyl (C=O) groups is 2. The molecular formula is C14H14O3. The molecule has 0 heterocycles. The SMILES string of the molecule is Cc1cc(C)c2c(c1)C(=O)/C(=C/C(=O)O)CC2. The van der Waals surface area contributed by atoms with Gasteiger partial charge >= 0.3 is 5.97 Å². The summed E-state index contributed by atoms with van der Waals surface area (Å²) in [6, 6.07) is 3.90. The number of allylic oxidation sites excluding steroid dienone is 1. The highest BCUT2D eigenvalue weighted by molar-refractivity contribution is 6.13. The van der Waals surface area contributed by atoms with E-state index in [9.17, 15) is 9.59 Å². The van der Waals surface area contributed by atoms with E-state index in [1.54, 1.807) is 0 Å². The first kappa shape index (κ1) is 11.6. The van der Waals surface area contributed by atoms with E-state index in [1.807, 2.05) is 19.9 Å². The maximum Gasteiger partial charge on any atom is 0.328 e. The van der Waals surface area contributed by atoms with E-state index in [0.29, 0.717) is 17.6 Å². The Labute approximate surface area is 99.8 Å². The van der Waals surface area contributed by atoms with Crippen LogP contribution in [0.5, 0.6) is 0 Å². The van der Waals surface area contributed by atoms with E-state index in [1.165, 1.54) is 0 Å². The van der Waals surface area contributed by atoms with Crippen molar-refractivity contribution in [2.24, 2.45) is 0 Å². The maximum absolute atomic E-state index is 12.1. The number of hydrogen-bond acceptors (Lipinski definition) is 2. The van der Waals surface area contributed by atoms with Crippen LogP contribution in [0.3, 0.4) is 0 Å². The third-order valence-corrected chi connectivity index (χ3v) is 3.10. The zero-order valence-electron chi connectivity index (χ0n) is 9.91. The normalized spacial score (nSPS) is 17.1. The Morgan fingerprint density at radius 1 is 1.29 bits per heavy atom. The fourth-order valence-corrected chi connectivity index (χ4v) is 2.36. The van der Waals surface area contributed by atoms with Crippen LogP contribution in [0.2, 0.25) is 0 Å². The zero-order chi connectivity index (χ0) is 12.6. The first-order chi connectivity index (χ1) is 7.99. The zero-order valence-corrected chi connectivity index (χ0v) is 9.91. The van der Waals surface area contributed by atoms with Crippen molar-refractivity contribution in [3.05, 3.63) is 46.0 Å². The molecule has 1 aromatic rings. The molecule has 0 radical (unpaired) electrons. The van der Waals surface area contributed by atoms with E-state index in [4.69, 9.17) is 5.11 Å². The molecule has 0 amide bonds. The van der Waals surface area contributed by atoms with Gasteiger partial charge in [-0.15, -0.1) is 0 Å². The number of fused-ring (bicyclic) bond motifs is 1. The molecule has 1 aliphatic rings. The molecule has 2 rings (SSSR count). The van der Waals surface area contributed by atoms with Gasteiger partial charge in [0.25, 0.3) is 0 Å². The molecule has 3 heteroatoms. The first-order valence-corrected chi connectivity index (χ1v) is 5.57. The molecule has 3 nitrogen and oxygen atoms in total. The lowest BCUT2D eigenvalue weighted by Gasteiger charge is -2.19. The van der Waals surface area contributed by atoms with Gasteiger partial charge in [-0.05, 0) is 43.9 Å². The monoisotopic (exact) mass is 230 g/mol. The van der Waals surface area contributed by atoms with Crippen LogP contribution in [0.1, 0.15) is 33.5 Å². The number of ketones is 1. The number of hydrogen-bond donors (Lipinski definition) is 1. The molecule has 0 saturated heterocycles. The van der Waals surface area contributed by atoms with Crippen molar-refractivity contribution >= 4 is 11.8 Å². The summed E-state index contributed by atoms with van der Waals surface area (Å²) in [4.78, 5) is 22.8. The fourth-order valence-electron chi connectivity index (χ4n) is 2.36. The highest BCUT2D eigenvalue weighted by atomic mass is 16.4. The standard InChI is InChI=1S/C14H14O3/c1-8-5-9(2)11-4-3-10(7-13(15)16)14(17)12(11)6-8/h5-7H,3-4H2,1-2H3,(H,15,16)/b10-7+. The second-order valence-corrected chi connectivity index (χ2v) is 4.44. The number of carbonyl (C=O) groups excluding carboxylic acids is 1. The molecule has 0 spiro atoms. The number of benzene rings is 1. The highest BCUT2D eigenvalue weighted by Crippen LogP contribution is 2.28. The minimum atomic E-state index is -1.05. The van der Waals surface area contributed by atoms with Crippen LogP contribution >= 0.6 is 0 Å². The summed E-state index contributed by atoms with van der Waals surface area (Å²) >= 11 is 0. The number of carboxylic acid groups (broad SMARTS) is 1. The van der Waals surface area contributed by atoms with Crippen LogP contribution in [-0.2, 0) is 11.2 Å². The number of aliphatic carboxylic acids is 1. The van der Waals surface area contributed by atoms with Crippen LogP contribution in [0.4, 0.5) is 0 Å². The van der Waals surface area contributed by atoms with E-state index < -0.39 is 5.97 Å². The minimum absolute atomic E-state index is 0.138. The molecule has 0 saturated carbocycles. The molecular weight excluding hydrogens is 216 g/mol. The Hall–Kier alpha value is -1.90. The largest absolute Gasteiger partial charge is 0.478 e. The number of carboxylic acids is 1. The van der Waals surface area contributed by atoms with Crippen LogP contribution in [0.25, 0.3) is 0 Å².